The van der Waals surface area contributed by atoms with Crippen molar-refractivity contribution in [3.05, 3.63) is 53.1 Å². The van der Waals surface area contributed by atoms with Crippen molar-refractivity contribution in [2.45, 2.75) is 33.2 Å². The monoisotopic (exact) mass is 513 g/mol. The summed E-state index contributed by atoms with van der Waals surface area (Å²) in [6.07, 6.45) is 0. The number of phenols is 1. The lowest BCUT2D eigenvalue weighted by Gasteiger charge is -2.17. The summed E-state index contributed by atoms with van der Waals surface area (Å²) in [7, 11) is 3.03. The van der Waals surface area contributed by atoms with Gasteiger partial charge in [-0.05, 0) is 43.0 Å². The molecule has 6 nitrogen and oxygen atoms in total. The third-order valence-corrected chi connectivity index (χ3v) is 4.53. The minimum Gasteiger partial charge on any atom is -0.502 e. The molecule has 7 heteroatoms. The smallest absolute Gasteiger partial charge is 0.200 e. The van der Waals surface area contributed by atoms with E-state index in [0.717, 1.165) is 24.6 Å². The standard InChI is InChI=1S/C22H31N3O3.HI/c1-6-23-22(24-13-16(3)18-9-7-15(2)8-10-18)25-14-17-11-19(27-4)21(26)20(12-17)28-5;/h7-12,16,26H,6,13-14H2,1-5H3,(H2,23,24,25);1H. The van der Waals surface area contributed by atoms with E-state index in [9.17, 15) is 5.11 Å². The maximum absolute atomic E-state index is 10.0. The van der Waals surface area contributed by atoms with Crippen molar-refractivity contribution in [2.75, 3.05) is 27.3 Å². The number of ether oxygens (including phenoxy) is 2. The van der Waals surface area contributed by atoms with Gasteiger partial charge in [-0.2, -0.15) is 0 Å². The maximum atomic E-state index is 10.0. The average molecular weight is 513 g/mol. The molecule has 0 aliphatic rings. The van der Waals surface area contributed by atoms with Crippen molar-refractivity contribution >= 4 is 29.9 Å². The predicted octanol–water partition coefficient (Wildman–Crippen LogP) is 4.19. The number of phenolic OH excluding ortho intramolecular Hbond substituents is 1. The Kier molecular flexibility index (Phi) is 10.6. The maximum Gasteiger partial charge on any atom is 0.200 e. The zero-order valence-corrected chi connectivity index (χ0v) is 20.1. The summed E-state index contributed by atoms with van der Waals surface area (Å²) in [6, 6.07) is 12.1. The summed E-state index contributed by atoms with van der Waals surface area (Å²) in [5.74, 6) is 1.84. The zero-order chi connectivity index (χ0) is 20.5. The number of nitrogens with one attached hydrogen (secondary N) is 2. The minimum atomic E-state index is -0.00492. The molecule has 0 amide bonds. The highest BCUT2D eigenvalue weighted by Crippen LogP contribution is 2.37. The fourth-order valence-electron chi connectivity index (χ4n) is 2.81. The number of methoxy groups -OCH3 is 2. The summed E-state index contributed by atoms with van der Waals surface area (Å²) in [5, 5.41) is 16.7. The van der Waals surface area contributed by atoms with Gasteiger partial charge in [0.15, 0.2) is 17.5 Å². The van der Waals surface area contributed by atoms with Crippen molar-refractivity contribution in [2.24, 2.45) is 4.99 Å². The van der Waals surface area contributed by atoms with Crippen LogP contribution >= 0.6 is 24.0 Å². The molecule has 0 aromatic heterocycles. The number of guanidine groups is 1. The van der Waals surface area contributed by atoms with Crippen LogP contribution in [0.5, 0.6) is 17.2 Å². The molecule has 0 saturated heterocycles. The molecule has 0 fully saturated rings. The number of rotatable bonds is 8. The Balaban J connectivity index is 0.00000420. The second kappa shape index (κ2) is 12.4. The number of nitrogens with zero attached hydrogens (tertiary/aromatic N) is 1. The van der Waals surface area contributed by atoms with E-state index in [0.29, 0.717) is 24.0 Å². The first-order chi connectivity index (χ1) is 13.5. The molecule has 2 aromatic carbocycles. The van der Waals surface area contributed by atoms with Gasteiger partial charge in [-0.3, -0.25) is 0 Å². The molecule has 3 N–H and O–H groups in total. The van der Waals surface area contributed by atoms with E-state index < -0.39 is 0 Å². The number of hydrogen-bond acceptors (Lipinski definition) is 4. The molecule has 0 spiro atoms. The van der Waals surface area contributed by atoms with Crippen LogP contribution in [0.4, 0.5) is 0 Å². The van der Waals surface area contributed by atoms with Crippen molar-refractivity contribution in [3.63, 3.8) is 0 Å². The highest BCUT2D eigenvalue weighted by atomic mass is 127. The van der Waals surface area contributed by atoms with E-state index in [1.54, 1.807) is 12.1 Å². The third kappa shape index (κ3) is 7.30. The van der Waals surface area contributed by atoms with Crippen LogP contribution in [0.15, 0.2) is 41.4 Å². The largest absolute Gasteiger partial charge is 0.502 e. The molecule has 0 aliphatic heterocycles. The van der Waals surface area contributed by atoms with Crippen LogP contribution in [-0.4, -0.2) is 38.4 Å². The van der Waals surface area contributed by atoms with Gasteiger partial charge in [-0.1, -0.05) is 36.8 Å². The summed E-state index contributed by atoms with van der Waals surface area (Å²) in [6.45, 7) is 8.30. The van der Waals surface area contributed by atoms with Crippen molar-refractivity contribution in [1.29, 1.82) is 0 Å². The number of halogens is 1. The fraction of sp³-hybridized carbons (Fsp3) is 0.409. The molecule has 0 aliphatic carbocycles. The third-order valence-electron chi connectivity index (χ3n) is 4.53. The Morgan fingerprint density at radius 2 is 1.66 bits per heavy atom. The molecule has 2 rings (SSSR count). The first kappa shape index (κ1) is 24.9. The number of benzene rings is 2. The Morgan fingerprint density at radius 3 is 2.17 bits per heavy atom. The first-order valence-electron chi connectivity index (χ1n) is 9.51. The van der Waals surface area contributed by atoms with Crippen LogP contribution in [0.2, 0.25) is 0 Å². The van der Waals surface area contributed by atoms with Crippen molar-refractivity contribution in [3.8, 4) is 17.2 Å². The average Bonchev–Trinajstić information content (AvgIpc) is 2.71. The Bertz CT molecular complexity index is 769. The quantitative estimate of drug-likeness (QED) is 0.281. The second-order valence-electron chi connectivity index (χ2n) is 6.74. The lowest BCUT2D eigenvalue weighted by molar-refractivity contribution is 0.339. The predicted molar refractivity (Wildman–Crippen MR) is 129 cm³/mol. The van der Waals surface area contributed by atoms with Gasteiger partial charge in [-0.25, -0.2) is 4.99 Å². The molecular weight excluding hydrogens is 481 g/mol. The highest BCUT2D eigenvalue weighted by molar-refractivity contribution is 14.0. The van der Waals surface area contributed by atoms with Gasteiger partial charge in [-0.15, -0.1) is 24.0 Å². The summed E-state index contributed by atoms with van der Waals surface area (Å²) >= 11 is 0. The Morgan fingerprint density at radius 1 is 1.07 bits per heavy atom. The van der Waals surface area contributed by atoms with Gasteiger partial charge in [0.2, 0.25) is 5.75 Å². The lowest BCUT2D eigenvalue weighted by atomic mass is 10.0. The van der Waals surface area contributed by atoms with Crippen LogP contribution in [0.3, 0.4) is 0 Å². The van der Waals surface area contributed by atoms with E-state index in [4.69, 9.17) is 9.47 Å². The number of aliphatic imine (C=N–C) groups is 1. The summed E-state index contributed by atoms with van der Waals surface area (Å²) in [5.41, 5.74) is 3.44. The van der Waals surface area contributed by atoms with E-state index in [1.165, 1.54) is 25.3 Å². The Labute approximate surface area is 190 Å². The van der Waals surface area contributed by atoms with Gasteiger partial charge in [0, 0.05) is 13.1 Å². The molecule has 2 aromatic rings. The highest BCUT2D eigenvalue weighted by Gasteiger charge is 2.11. The van der Waals surface area contributed by atoms with E-state index in [2.05, 4.69) is 53.7 Å². The van der Waals surface area contributed by atoms with Crippen LogP contribution < -0.4 is 20.1 Å². The SMILES string of the molecule is CCNC(=NCc1cc(OC)c(O)c(OC)c1)NCC(C)c1ccc(C)cc1.I. The molecular formula is C22H32IN3O3. The topological polar surface area (TPSA) is 75.1 Å². The first-order valence-corrected chi connectivity index (χ1v) is 9.51. The zero-order valence-electron chi connectivity index (χ0n) is 17.8. The van der Waals surface area contributed by atoms with Gasteiger partial charge >= 0.3 is 0 Å². The van der Waals surface area contributed by atoms with Crippen molar-refractivity contribution < 1.29 is 14.6 Å². The Hall–Kier alpha value is -2.16. The van der Waals surface area contributed by atoms with Gasteiger partial charge in [0.25, 0.3) is 0 Å². The van der Waals surface area contributed by atoms with Crippen LogP contribution in [0, 0.1) is 6.92 Å². The van der Waals surface area contributed by atoms with E-state index in [-0.39, 0.29) is 29.7 Å². The molecule has 0 radical (unpaired) electrons. The van der Waals surface area contributed by atoms with Crippen molar-refractivity contribution in [1.82, 2.24) is 10.6 Å². The number of aromatic hydroxyl groups is 1. The summed E-state index contributed by atoms with van der Waals surface area (Å²) in [4.78, 5) is 4.65. The molecule has 160 valence electrons. The fourth-order valence-corrected chi connectivity index (χ4v) is 2.81. The molecule has 29 heavy (non-hydrogen) atoms. The van der Waals surface area contributed by atoms with Crippen LogP contribution in [0.1, 0.15) is 36.5 Å². The number of hydrogen-bond donors (Lipinski definition) is 3. The van der Waals surface area contributed by atoms with Gasteiger partial charge in [0.1, 0.15) is 0 Å². The van der Waals surface area contributed by atoms with E-state index in [1.807, 2.05) is 6.92 Å². The van der Waals surface area contributed by atoms with Crippen LogP contribution in [-0.2, 0) is 6.54 Å². The van der Waals surface area contributed by atoms with E-state index >= 15 is 0 Å². The van der Waals surface area contributed by atoms with Crippen LogP contribution in [0.25, 0.3) is 0 Å². The molecule has 0 heterocycles. The minimum absolute atomic E-state index is 0. The van der Waals surface area contributed by atoms with Gasteiger partial charge < -0.3 is 25.2 Å². The molecule has 1 unspecified atom stereocenters. The summed E-state index contributed by atoms with van der Waals surface area (Å²) < 4.78 is 10.4. The van der Waals surface area contributed by atoms with Gasteiger partial charge in [0.05, 0.1) is 20.8 Å². The molecule has 0 bridgehead atoms. The molecule has 0 saturated carbocycles. The second-order valence-corrected chi connectivity index (χ2v) is 6.74. The lowest BCUT2D eigenvalue weighted by Crippen LogP contribution is -2.39. The normalized spacial score (nSPS) is 12.0. The number of aryl methyl sites for hydroxylation is 1. The molecule has 1 atom stereocenters.